The summed E-state index contributed by atoms with van der Waals surface area (Å²) in [4.78, 5) is 1.37. The van der Waals surface area contributed by atoms with Gasteiger partial charge in [0.05, 0.1) is 3.79 Å². The molecule has 4 heteroatoms. The number of rotatable bonds is 3. The molecule has 0 spiro atoms. The Morgan fingerprint density at radius 2 is 2.07 bits per heavy atom. The molecule has 14 heavy (non-hydrogen) atoms. The SMILES string of the molecule is C[C@@H](NSC(C)(C)C)c1ccc(Br)s1. The quantitative estimate of drug-likeness (QED) is 0.817. The standard InChI is InChI=1S/C10H16BrNS2/c1-7(12-14-10(2,3)4)8-5-6-9(11)13-8/h5-7,12H,1-4H3/t7-/m1/s1. The summed E-state index contributed by atoms with van der Waals surface area (Å²) in [5.41, 5.74) is 0. The van der Waals surface area contributed by atoms with Gasteiger partial charge in [0, 0.05) is 15.7 Å². The van der Waals surface area contributed by atoms with Crippen LogP contribution in [0.3, 0.4) is 0 Å². The minimum absolute atomic E-state index is 0.267. The predicted molar refractivity (Wildman–Crippen MR) is 70.9 cm³/mol. The largest absolute Gasteiger partial charge is 0.256 e. The molecular formula is C10H16BrNS2. The molecule has 0 aliphatic rings. The highest BCUT2D eigenvalue weighted by Crippen LogP contribution is 2.30. The third-order valence-electron chi connectivity index (χ3n) is 1.56. The lowest BCUT2D eigenvalue weighted by atomic mass is 10.3. The molecule has 0 aromatic carbocycles. The van der Waals surface area contributed by atoms with Crippen molar-refractivity contribution in [1.82, 2.24) is 4.72 Å². The minimum Gasteiger partial charge on any atom is -0.256 e. The van der Waals surface area contributed by atoms with Crippen LogP contribution in [-0.4, -0.2) is 4.75 Å². The first-order chi connectivity index (χ1) is 6.38. The van der Waals surface area contributed by atoms with Gasteiger partial charge in [-0.25, -0.2) is 0 Å². The van der Waals surface area contributed by atoms with Crippen molar-refractivity contribution in [2.75, 3.05) is 0 Å². The minimum atomic E-state index is 0.267. The van der Waals surface area contributed by atoms with Crippen molar-refractivity contribution >= 4 is 39.2 Å². The molecule has 0 fully saturated rings. The van der Waals surface area contributed by atoms with Crippen molar-refractivity contribution in [3.05, 3.63) is 20.8 Å². The van der Waals surface area contributed by atoms with E-state index in [0.29, 0.717) is 6.04 Å². The molecule has 1 atom stereocenters. The molecule has 80 valence electrons. The molecule has 0 saturated carbocycles. The maximum Gasteiger partial charge on any atom is 0.0701 e. The van der Waals surface area contributed by atoms with E-state index in [1.165, 1.54) is 8.66 Å². The molecule has 0 saturated heterocycles. The Labute approximate surface area is 103 Å². The predicted octanol–water partition coefficient (Wildman–Crippen LogP) is 4.61. The highest BCUT2D eigenvalue weighted by Gasteiger charge is 2.14. The second kappa shape index (κ2) is 5.01. The highest BCUT2D eigenvalue weighted by atomic mass is 79.9. The van der Waals surface area contributed by atoms with Crippen molar-refractivity contribution in [3.63, 3.8) is 0 Å². The fourth-order valence-electron chi connectivity index (χ4n) is 0.884. The van der Waals surface area contributed by atoms with E-state index in [1.807, 2.05) is 0 Å². The summed E-state index contributed by atoms with van der Waals surface area (Å²) < 4.78 is 4.92. The number of hydrogen-bond donors (Lipinski definition) is 1. The lowest BCUT2D eigenvalue weighted by Crippen LogP contribution is -2.19. The number of hydrogen-bond acceptors (Lipinski definition) is 3. The van der Waals surface area contributed by atoms with E-state index in [4.69, 9.17) is 0 Å². The monoisotopic (exact) mass is 293 g/mol. The Balaban J connectivity index is 2.47. The summed E-state index contributed by atoms with van der Waals surface area (Å²) >= 11 is 7.05. The fraction of sp³-hybridized carbons (Fsp3) is 0.600. The van der Waals surface area contributed by atoms with Crippen LogP contribution in [0.5, 0.6) is 0 Å². The molecule has 1 aromatic heterocycles. The van der Waals surface area contributed by atoms with Gasteiger partial charge in [0.1, 0.15) is 0 Å². The molecule has 0 bridgehead atoms. The van der Waals surface area contributed by atoms with Crippen LogP contribution in [0.15, 0.2) is 15.9 Å². The lowest BCUT2D eigenvalue weighted by molar-refractivity contribution is 0.734. The maximum atomic E-state index is 3.47. The van der Waals surface area contributed by atoms with Gasteiger partial charge in [0.15, 0.2) is 0 Å². The van der Waals surface area contributed by atoms with E-state index in [9.17, 15) is 0 Å². The van der Waals surface area contributed by atoms with Gasteiger partial charge in [-0.2, -0.15) is 0 Å². The number of thiophene rings is 1. The maximum absolute atomic E-state index is 3.47. The van der Waals surface area contributed by atoms with Crippen molar-refractivity contribution < 1.29 is 0 Å². The average molecular weight is 294 g/mol. The molecule has 0 aliphatic carbocycles. The van der Waals surface area contributed by atoms with Crippen LogP contribution in [0, 0.1) is 0 Å². The van der Waals surface area contributed by atoms with Gasteiger partial charge in [-0.05, 0) is 55.8 Å². The summed E-state index contributed by atoms with van der Waals surface area (Å²) in [5, 5.41) is 0. The first kappa shape index (κ1) is 12.6. The van der Waals surface area contributed by atoms with E-state index in [1.54, 1.807) is 23.3 Å². The van der Waals surface area contributed by atoms with Gasteiger partial charge in [0.2, 0.25) is 0 Å². The van der Waals surface area contributed by atoms with Gasteiger partial charge in [-0.1, -0.05) is 11.9 Å². The summed E-state index contributed by atoms with van der Waals surface area (Å²) in [7, 11) is 0. The van der Waals surface area contributed by atoms with Crippen LogP contribution >= 0.6 is 39.2 Å². The van der Waals surface area contributed by atoms with E-state index >= 15 is 0 Å². The topological polar surface area (TPSA) is 12.0 Å². The first-order valence-corrected chi connectivity index (χ1v) is 7.00. The Morgan fingerprint density at radius 3 is 2.50 bits per heavy atom. The third kappa shape index (κ3) is 4.34. The number of halogens is 1. The van der Waals surface area contributed by atoms with E-state index in [2.05, 4.69) is 60.5 Å². The Hall–Kier alpha value is 0.490. The Morgan fingerprint density at radius 1 is 1.43 bits per heavy atom. The number of nitrogens with one attached hydrogen (secondary N) is 1. The first-order valence-electron chi connectivity index (χ1n) is 4.57. The molecule has 0 unspecified atom stereocenters. The van der Waals surface area contributed by atoms with Gasteiger partial charge in [-0.15, -0.1) is 11.3 Å². The molecular weight excluding hydrogens is 278 g/mol. The summed E-state index contributed by atoms with van der Waals surface area (Å²) in [6.45, 7) is 8.82. The van der Waals surface area contributed by atoms with Crippen molar-refractivity contribution in [3.8, 4) is 0 Å². The zero-order valence-electron chi connectivity index (χ0n) is 8.93. The second-order valence-corrected chi connectivity index (χ2v) is 8.36. The molecule has 0 amide bonds. The Kier molecular flexibility index (Phi) is 4.50. The van der Waals surface area contributed by atoms with E-state index in [0.717, 1.165) is 0 Å². The van der Waals surface area contributed by atoms with Crippen LogP contribution < -0.4 is 4.72 Å². The molecule has 0 radical (unpaired) electrons. The van der Waals surface area contributed by atoms with Crippen LogP contribution in [0.1, 0.15) is 38.6 Å². The van der Waals surface area contributed by atoms with Crippen LogP contribution in [-0.2, 0) is 0 Å². The van der Waals surface area contributed by atoms with Crippen molar-refractivity contribution in [2.45, 2.75) is 38.5 Å². The summed E-state index contributed by atoms with van der Waals surface area (Å²) in [6.07, 6.45) is 0. The summed E-state index contributed by atoms with van der Waals surface area (Å²) in [6, 6.07) is 4.67. The molecule has 1 N–H and O–H groups in total. The average Bonchev–Trinajstić information content (AvgIpc) is 2.46. The fourth-order valence-corrected chi connectivity index (χ4v) is 3.04. The Bertz CT molecular complexity index is 291. The van der Waals surface area contributed by atoms with Gasteiger partial charge in [-0.3, -0.25) is 4.72 Å². The van der Waals surface area contributed by atoms with Crippen molar-refractivity contribution in [1.29, 1.82) is 0 Å². The zero-order chi connectivity index (χ0) is 10.8. The molecule has 1 rings (SSSR count). The third-order valence-corrected chi connectivity index (χ3v) is 4.45. The zero-order valence-corrected chi connectivity index (χ0v) is 12.1. The lowest BCUT2D eigenvalue weighted by Gasteiger charge is -2.20. The normalized spacial score (nSPS) is 14.4. The molecule has 1 nitrogen and oxygen atoms in total. The smallest absolute Gasteiger partial charge is 0.0701 e. The van der Waals surface area contributed by atoms with Gasteiger partial charge < -0.3 is 0 Å². The van der Waals surface area contributed by atoms with Crippen LogP contribution in [0.4, 0.5) is 0 Å². The second-order valence-electron chi connectivity index (χ2n) is 4.20. The van der Waals surface area contributed by atoms with E-state index in [-0.39, 0.29) is 4.75 Å². The van der Waals surface area contributed by atoms with Gasteiger partial charge >= 0.3 is 0 Å². The highest BCUT2D eigenvalue weighted by molar-refractivity contribution is 9.11. The van der Waals surface area contributed by atoms with Crippen LogP contribution in [0.2, 0.25) is 0 Å². The van der Waals surface area contributed by atoms with Crippen molar-refractivity contribution in [2.24, 2.45) is 0 Å². The van der Waals surface area contributed by atoms with E-state index < -0.39 is 0 Å². The molecule has 0 aliphatic heterocycles. The van der Waals surface area contributed by atoms with Crippen LogP contribution in [0.25, 0.3) is 0 Å². The molecule has 1 heterocycles. The summed E-state index contributed by atoms with van der Waals surface area (Å²) in [5.74, 6) is 0. The van der Waals surface area contributed by atoms with Gasteiger partial charge in [0.25, 0.3) is 0 Å². The molecule has 1 aromatic rings.